The van der Waals surface area contributed by atoms with Crippen molar-refractivity contribution in [1.82, 2.24) is 0 Å². The first-order valence-corrected chi connectivity index (χ1v) is 2.70. The van der Waals surface area contributed by atoms with Gasteiger partial charge in [-0.05, 0) is 12.3 Å². The molecule has 0 aliphatic rings. The molecule has 0 fully saturated rings. The van der Waals surface area contributed by atoms with Crippen LogP contribution in [0.25, 0.3) is 0 Å². The largest absolute Gasteiger partial charge is 0.694 e. The lowest BCUT2D eigenvalue weighted by Gasteiger charge is -2.02. The van der Waals surface area contributed by atoms with Gasteiger partial charge in [0.05, 0.1) is 0 Å². The Morgan fingerprint density at radius 2 is 2.29 bits per heavy atom. The Kier molecular flexibility index (Phi) is 3.50. The molecular weight excluding hydrogens is 84.1 g/mol. The summed E-state index contributed by atoms with van der Waals surface area (Å²) in [4.78, 5) is 0. The highest BCUT2D eigenvalue weighted by Crippen LogP contribution is 2.03. The van der Waals surface area contributed by atoms with E-state index in [4.69, 9.17) is 6.42 Å². The van der Waals surface area contributed by atoms with Gasteiger partial charge in [0.1, 0.15) is 0 Å². The van der Waals surface area contributed by atoms with Gasteiger partial charge in [0, 0.05) is 0 Å². The molecule has 0 saturated heterocycles. The van der Waals surface area contributed by atoms with Crippen LogP contribution in [0.4, 0.5) is 0 Å². The maximum atomic E-state index is 6.59. The second kappa shape index (κ2) is 3.74. The molecule has 1 unspecified atom stereocenters. The number of hydrogen-bond donors (Lipinski definition) is 0. The summed E-state index contributed by atoms with van der Waals surface area (Å²) in [7, 11) is 0. The molecule has 0 amide bonds. The van der Waals surface area contributed by atoms with Gasteiger partial charge in [-0.3, -0.25) is 0 Å². The normalized spacial score (nSPS) is 12.7. The van der Waals surface area contributed by atoms with Crippen LogP contribution in [0, 0.1) is 18.3 Å². The monoisotopic (exact) mass is 95.1 g/mol. The van der Waals surface area contributed by atoms with Crippen molar-refractivity contribution >= 4 is 0 Å². The summed E-state index contributed by atoms with van der Waals surface area (Å²) < 4.78 is 0. The predicted molar refractivity (Wildman–Crippen MR) is 31.2 cm³/mol. The fraction of sp³-hybridized carbons (Fsp3) is 0.714. The molecule has 0 aliphatic carbocycles. The zero-order chi connectivity index (χ0) is 5.70. The molecule has 0 aromatic rings. The minimum absolute atomic E-state index is 0.650. The summed E-state index contributed by atoms with van der Waals surface area (Å²) in [5.41, 5.74) is 0. The van der Waals surface area contributed by atoms with Crippen LogP contribution in [-0.4, -0.2) is 0 Å². The van der Waals surface area contributed by atoms with Crippen LogP contribution >= 0.6 is 0 Å². The van der Waals surface area contributed by atoms with Crippen molar-refractivity contribution in [1.29, 1.82) is 0 Å². The van der Waals surface area contributed by atoms with Crippen molar-refractivity contribution in [2.24, 2.45) is 5.92 Å². The number of rotatable bonds is 2. The van der Waals surface area contributed by atoms with Gasteiger partial charge in [-0.2, -0.15) is 0 Å². The molecule has 0 heterocycles. The van der Waals surface area contributed by atoms with E-state index in [9.17, 15) is 0 Å². The van der Waals surface area contributed by atoms with E-state index in [1.165, 1.54) is 0 Å². The number of hydrogen-bond acceptors (Lipinski definition) is 0. The van der Waals surface area contributed by atoms with E-state index in [1.807, 2.05) is 0 Å². The lowest BCUT2D eigenvalue weighted by atomic mass is 10.1. The van der Waals surface area contributed by atoms with Crippen molar-refractivity contribution < 1.29 is 0 Å². The molecule has 7 heavy (non-hydrogen) atoms. The molecule has 40 valence electrons. The topological polar surface area (TPSA) is 0 Å². The van der Waals surface area contributed by atoms with Crippen LogP contribution in [0.3, 0.4) is 0 Å². The molecule has 0 bridgehead atoms. The Hall–Kier alpha value is -0.440. The molecule has 0 N–H and O–H groups in total. The van der Waals surface area contributed by atoms with E-state index in [-0.39, 0.29) is 0 Å². The summed E-state index contributed by atoms with van der Waals surface area (Å²) in [6, 6.07) is 0. The predicted octanol–water partition coefficient (Wildman–Crippen LogP) is 2.01. The molecule has 0 aromatic carbocycles. The van der Waals surface area contributed by atoms with Gasteiger partial charge in [0.25, 0.3) is 0 Å². The van der Waals surface area contributed by atoms with Crippen molar-refractivity contribution in [3.05, 3.63) is 6.42 Å². The molecule has 0 aromatic heterocycles. The molecule has 0 saturated carbocycles. The zero-order valence-corrected chi connectivity index (χ0v) is 4.99. The van der Waals surface area contributed by atoms with Crippen molar-refractivity contribution in [2.45, 2.75) is 26.7 Å². The second-order valence-corrected chi connectivity index (χ2v) is 1.89. The van der Waals surface area contributed by atoms with Gasteiger partial charge < -0.3 is 12.3 Å². The minimum atomic E-state index is 0.650. The quantitative estimate of drug-likeness (QED) is 0.363. The van der Waals surface area contributed by atoms with E-state index in [0.29, 0.717) is 5.92 Å². The molecule has 0 radical (unpaired) electrons. The van der Waals surface area contributed by atoms with Gasteiger partial charge in [0.15, 0.2) is 0 Å². The standard InChI is InChI=1S/C7H11/c1-4-6-7(3)5-2/h7H,5-6H2,2-3H3/q-1. The Balaban J connectivity index is 3.03. The van der Waals surface area contributed by atoms with Crippen LogP contribution in [0.2, 0.25) is 0 Å². The Bertz CT molecular complexity index is 66.6. The van der Waals surface area contributed by atoms with E-state index >= 15 is 0 Å². The molecule has 0 rings (SSSR count). The highest BCUT2D eigenvalue weighted by molar-refractivity contribution is 4.77. The molecule has 0 nitrogen and oxygen atoms in total. The smallest absolute Gasteiger partial charge is 0.0288 e. The molecule has 0 aliphatic heterocycles. The Morgan fingerprint density at radius 1 is 1.71 bits per heavy atom. The van der Waals surface area contributed by atoms with Gasteiger partial charge in [0.2, 0.25) is 0 Å². The molecule has 0 spiro atoms. The van der Waals surface area contributed by atoms with Crippen LogP contribution in [0.5, 0.6) is 0 Å². The maximum absolute atomic E-state index is 6.59. The zero-order valence-electron chi connectivity index (χ0n) is 4.99. The lowest BCUT2D eigenvalue weighted by molar-refractivity contribution is 0.580. The van der Waals surface area contributed by atoms with Crippen molar-refractivity contribution in [3.63, 3.8) is 0 Å². The summed E-state index contributed by atoms with van der Waals surface area (Å²) in [5, 5.41) is 0. The van der Waals surface area contributed by atoms with Crippen molar-refractivity contribution in [2.75, 3.05) is 0 Å². The molecule has 1 atom stereocenters. The Morgan fingerprint density at radius 3 is 2.43 bits per heavy atom. The summed E-state index contributed by atoms with van der Waals surface area (Å²) in [6.07, 6.45) is 8.56. The third-order valence-electron chi connectivity index (χ3n) is 1.15. The first-order chi connectivity index (χ1) is 3.31. The first-order valence-electron chi connectivity index (χ1n) is 2.70. The van der Waals surface area contributed by atoms with Crippen LogP contribution in [0.15, 0.2) is 0 Å². The fourth-order valence-corrected chi connectivity index (χ4v) is 0.319. The molecular formula is C7H11-. The maximum Gasteiger partial charge on any atom is -0.0288 e. The van der Waals surface area contributed by atoms with Gasteiger partial charge >= 0.3 is 0 Å². The van der Waals surface area contributed by atoms with Crippen LogP contribution in [0.1, 0.15) is 26.7 Å². The van der Waals surface area contributed by atoms with Crippen LogP contribution < -0.4 is 0 Å². The van der Waals surface area contributed by atoms with Gasteiger partial charge in [-0.25, -0.2) is 0 Å². The van der Waals surface area contributed by atoms with E-state index < -0.39 is 0 Å². The Labute approximate surface area is 45.9 Å². The third-order valence-corrected chi connectivity index (χ3v) is 1.15. The van der Waals surface area contributed by atoms with Crippen LogP contribution in [-0.2, 0) is 0 Å². The first kappa shape index (κ1) is 6.56. The summed E-state index contributed by atoms with van der Waals surface area (Å²) >= 11 is 0. The average Bonchev–Trinajstić information content (AvgIpc) is 1.68. The average molecular weight is 95.2 g/mol. The van der Waals surface area contributed by atoms with Crippen molar-refractivity contribution in [3.8, 4) is 5.92 Å². The summed E-state index contributed by atoms with van der Waals surface area (Å²) in [5.74, 6) is 3.02. The van der Waals surface area contributed by atoms with E-state index in [2.05, 4.69) is 19.8 Å². The van der Waals surface area contributed by atoms with Gasteiger partial charge in [-0.1, -0.05) is 20.3 Å². The highest BCUT2D eigenvalue weighted by atomic mass is 14.0. The fourth-order valence-electron chi connectivity index (χ4n) is 0.319. The minimum Gasteiger partial charge on any atom is -0.694 e. The van der Waals surface area contributed by atoms with Gasteiger partial charge in [-0.15, -0.1) is 0 Å². The van der Waals surface area contributed by atoms with E-state index in [0.717, 1.165) is 12.8 Å². The highest BCUT2D eigenvalue weighted by Gasteiger charge is 1.88. The van der Waals surface area contributed by atoms with E-state index in [1.54, 1.807) is 0 Å². The lowest BCUT2D eigenvalue weighted by Crippen LogP contribution is -1.86. The summed E-state index contributed by atoms with van der Waals surface area (Å²) in [6.45, 7) is 4.25. The molecule has 0 heteroatoms. The second-order valence-electron chi connectivity index (χ2n) is 1.89. The third kappa shape index (κ3) is 3.39. The SMILES string of the molecule is [C-]#CCC(C)CC.